The number of nitrogens with zero attached hydrogens (tertiary/aromatic N) is 2. The quantitative estimate of drug-likeness (QED) is 0.172. The van der Waals surface area contributed by atoms with Crippen molar-refractivity contribution in [2.24, 2.45) is 0 Å². The van der Waals surface area contributed by atoms with Crippen LogP contribution in [0.4, 0.5) is 0 Å². The molecular weight excluding hydrogens is 869 g/mol. The van der Waals surface area contributed by atoms with E-state index >= 15 is 0 Å². The van der Waals surface area contributed by atoms with E-state index in [1.165, 1.54) is 88.8 Å². The highest BCUT2D eigenvalue weighted by Crippen LogP contribution is 2.67. The highest BCUT2D eigenvalue weighted by molar-refractivity contribution is 6.05. The lowest BCUT2D eigenvalue weighted by molar-refractivity contribution is 0.633. The molecule has 11 aromatic carbocycles. The van der Waals surface area contributed by atoms with Crippen molar-refractivity contribution in [3.8, 4) is 78.4 Å². The van der Waals surface area contributed by atoms with Gasteiger partial charge in [0.15, 0.2) is 5.82 Å². The molecule has 0 radical (unpaired) electrons. The second kappa shape index (κ2) is 15.6. The van der Waals surface area contributed by atoms with Crippen LogP contribution in [-0.2, 0) is 10.8 Å². The van der Waals surface area contributed by atoms with Crippen molar-refractivity contribution in [2.75, 3.05) is 0 Å². The van der Waals surface area contributed by atoms with Crippen molar-refractivity contribution in [3.05, 3.63) is 311 Å². The van der Waals surface area contributed by atoms with E-state index in [-0.39, 0.29) is 0 Å². The fraction of sp³-hybridized carbons (Fsp3) is 0.0286. The number of hydrogen-bond acceptors (Lipinski definition) is 2. The third kappa shape index (κ3) is 5.60. The van der Waals surface area contributed by atoms with Crippen LogP contribution in [-0.4, -0.2) is 9.97 Å². The van der Waals surface area contributed by atoms with Crippen LogP contribution < -0.4 is 0 Å². The summed E-state index contributed by atoms with van der Waals surface area (Å²) < 4.78 is 0. The van der Waals surface area contributed by atoms with E-state index < -0.39 is 10.8 Å². The van der Waals surface area contributed by atoms with E-state index in [0.29, 0.717) is 5.82 Å². The van der Waals surface area contributed by atoms with Gasteiger partial charge in [-0.05, 0) is 112 Å². The second-order valence-corrected chi connectivity index (χ2v) is 19.5. The van der Waals surface area contributed by atoms with Crippen LogP contribution in [0.2, 0.25) is 0 Å². The summed E-state index contributed by atoms with van der Waals surface area (Å²) >= 11 is 0. The Labute approximate surface area is 419 Å². The molecule has 1 aromatic heterocycles. The predicted octanol–water partition coefficient (Wildman–Crippen LogP) is 17.0. The van der Waals surface area contributed by atoms with Gasteiger partial charge >= 0.3 is 0 Å². The minimum atomic E-state index is -0.554. The smallest absolute Gasteiger partial charge is 0.160 e. The first-order valence-electron chi connectivity index (χ1n) is 25.0. The molecule has 1 heterocycles. The third-order valence-corrected chi connectivity index (χ3v) is 16.0. The molecule has 12 aromatic rings. The van der Waals surface area contributed by atoms with Crippen molar-refractivity contribution in [3.63, 3.8) is 0 Å². The number of rotatable bonds is 5. The van der Waals surface area contributed by atoms with Crippen LogP contribution in [0.5, 0.6) is 0 Å². The standard InChI is InChI=1S/C70H44N2/c1-3-19-46(20-4-1)50-40-41-57(52-24-8-7-23-51(50)52)67-44-66(71-68(72-67)48-21-5-2-6-22-48)47-37-35-45(36-38-47)49-39-42-64-65(43-49)70(60-31-15-11-27-55(60)56-28-12-16-32-61(56)70)63-34-18-17-33-62(63)69(64)58-29-13-9-25-53(58)54-26-10-14-30-59(54)69/h1-44H. The maximum atomic E-state index is 5.29. The summed E-state index contributed by atoms with van der Waals surface area (Å²) in [5.74, 6) is 0.699. The maximum absolute atomic E-state index is 5.29. The summed E-state index contributed by atoms with van der Waals surface area (Å²) in [4.78, 5) is 10.6. The van der Waals surface area contributed by atoms with Crippen LogP contribution >= 0.6 is 0 Å². The monoisotopic (exact) mass is 912 g/mol. The van der Waals surface area contributed by atoms with Gasteiger partial charge in [-0.3, -0.25) is 0 Å². The topological polar surface area (TPSA) is 25.8 Å². The molecule has 2 heteroatoms. The summed E-state index contributed by atoms with van der Waals surface area (Å²) in [5.41, 5.74) is 24.4. The molecule has 3 aliphatic carbocycles. The van der Waals surface area contributed by atoms with Crippen molar-refractivity contribution in [1.29, 1.82) is 0 Å². The Bertz CT molecular complexity index is 4060. The molecule has 0 saturated carbocycles. The van der Waals surface area contributed by atoms with Gasteiger partial charge in [0.25, 0.3) is 0 Å². The van der Waals surface area contributed by atoms with E-state index in [1.807, 2.05) is 6.07 Å². The van der Waals surface area contributed by atoms with E-state index in [9.17, 15) is 0 Å². The number of hydrogen-bond donors (Lipinski definition) is 0. The number of benzene rings is 11. The summed E-state index contributed by atoms with van der Waals surface area (Å²) in [5, 5.41) is 2.35. The Kier molecular flexibility index (Phi) is 8.82. The first-order valence-corrected chi connectivity index (χ1v) is 25.0. The Hall–Kier alpha value is -9.24. The van der Waals surface area contributed by atoms with Crippen LogP contribution in [0.3, 0.4) is 0 Å². The summed E-state index contributed by atoms with van der Waals surface area (Å²) in [6.07, 6.45) is 0. The van der Waals surface area contributed by atoms with Gasteiger partial charge in [0.2, 0.25) is 0 Å². The summed E-state index contributed by atoms with van der Waals surface area (Å²) in [6.45, 7) is 0. The average Bonchev–Trinajstić information content (AvgIpc) is 3.93. The van der Waals surface area contributed by atoms with Gasteiger partial charge in [-0.15, -0.1) is 0 Å². The molecule has 0 amide bonds. The lowest BCUT2D eigenvalue weighted by atomic mass is 9.52. The minimum absolute atomic E-state index is 0.520. The van der Waals surface area contributed by atoms with E-state index in [2.05, 4.69) is 261 Å². The Balaban J connectivity index is 0.925. The lowest BCUT2D eigenvalue weighted by Gasteiger charge is -2.49. The highest BCUT2D eigenvalue weighted by Gasteiger charge is 2.58. The molecule has 0 bridgehead atoms. The molecule has 0 unspecified atom stereocenters. The minimum Gasteiger partial charge on any atom is -0.228 e. The maximum Gasteiger partial charge on any atom is 0.160 e. The Morgan fingerprint density at radius 2 is 0.597 bits per heavy atom. The molecule has 2 spiro atoms. The van der Waals surface area contributed by atoms with Crippen LogP contribution in [0, 0.1) is 0 Å². The van der Waals surface area contributed by atoms with Crippen molar-refractivity contribution in [1.82, 2.24) is 9.97 Å². The highest BCUT2D eigenvalue weighted by atomic mass is 14.9. The Morgan fingerprint density at radius 1 is 0.208 bits per heavy atom. The molecule has 0 saturated heterocycles. The normalized spacial score (nSPS) is 13.8. The first kappa shape index (κ1) is 40.6. The van der Waals surface area contributed by atoms with Crippen molar-refractivity contribution < 1.29 is 0 Å². The van der Waals surface area contributed by atoms with E-state index in [1.54, 1.807) is 0 Å². The molecule has 72 heavy (non-hydrogen) atoms. The van der Waals surface area contributed by atoms with Gasteiger partial charge < -0.3 is 0 Å². The van der Waals surface area contributed by atoms with Gasteiger partial charge in [-0.1, -0.05) is 255 Å². The molecule has 15 rings (SSSR count). The lowest BCUT2D eigenvalue weighted by Crippen LogP contribution is -2.43. The zero-order chi connectivity index (χ0) is 47.4. The van der Waals surface area contributed by atoms with Crippen LogP contribution in [0.25, 0.3) is 89.2 Å². The molecular formula is C70H44N2. The van der Waals surface area contributed by atoms with Crippen LogP contribution in [0.1, 0.15) is 44.5 Å². The largest absolute Gasteiger partial charge is 0.228 e. The van der Waals surface area contributed by atoms with Gasteiger partial charge in [0, 0.05) is 16.7 Å². The van der Waals surface area contributed by atoms with Gasteiger partial charge in [-0.25, -0.2) is 9.97 Å². The molecule has 2 nitrogen and oxygen atoms in total. The molecule has 0 N–H and O–H groups in total. The second-order valence-electron chi connectivity index (χ2n) is 19.5. The number of aromatic nitrogens is 2. The zero-order valence-corrected chi connectivity index (χ0v) is 39.3. The molecule has 0 aliphatic heterocycles. The fourth-order valence-corrected chi connectivity index (χ4v) is 13.1. The van der Waals surface area contributed by atoms with E-state index in [0.717, 1.165) is 39.0 Å². The fourth-order valence-electron chi connectivity index (χ4n) is 13.1. The summed E-state index contributed by atoms with van der Waals surface area (Å²) in [7, 11) is 0. The molecule has 0 fully saturated rings. The Morgan fingerprint density at radius 3 is 1.15 bits per heavy atom. The predicted molar refractivity (Wildman–Crippen MR) is 295 cm³/mol. The van der Waals surface area contributed by atoms with E-state index in [4.69, 9.17) is 9.97 Å². The third-order valence-electron chi connectivity index (χ3n) is 16.0. The molecule has 0 atom stereocenters. The number of fused-ring (bicyclic) bond motifs is 17. The SMILES string of the molecule is c1ccc(-c2nc(-c3ccc(-c4ccc5c(c4)C4(c6ccccc6-c6ccccc64)c4ccccc4C54c5ccccc5-c5ccccc54)cc3)cc(-c3ccc(-c4ccccc4)c4ccccc34)n2)cc1. The van der Waals surface area contributed by atoms with Crippen molar-refractivity contribution >= 4 is 10.8 Å². The first-order chi connectivity index (χ1) is 35.7. The van der Waals surface area contributed by atoms with Gasteiger partial charge in [0.05, 0.1) is 22.2 Å². The molecule has 3 aliphatic rings. The van der Waals surface area contributed by atoms with Gasteiger partial charge in [-0.2, -0.15) is 0 Å². The van der Waals surface area contributed by atoms with Gasteiger partial charge in [0.1, 0.15) is 0 Å². The molecule has 334 valence electrons. The van der Waals surface area contributed by atoms with Crippen LogP contribution in [0.15, 0.2) is 267 Å². The zero-order valence-electron chi connectivity index (χ0n) is 39.3. The van der Waals surface area contributed by atoms with Crippen molar-refractivity contribution in [2.45, 2.75) is 10.8 Å². The average molecular weight is 913 g/mol. The summed E-state index contributed by atoms with van der Waals surface area (Å²) in [6, 6.07) is 98.5.